The Labute approximate surface area is 196 Å². The van der Waals surface area contributed by atoms with Crippen LogP contribution in [0.5, 0.6) is 0 Å². The first-order chi connectivity index (χ1) is 16.0. The summed E-state index contributed by atoms with van der Waals surface area (Å²) in [5.41, 5.74) is 2.12. The molecule has 3 aromatic rings. The number of halogens is 2. The van der Waals surface area contributed by atoms with Crippen molar-refractivity contribution < 1.29 is 9.18 Å². The van der Waals surface area contributed by atoms with Gasteiger partial charge in [0.25, 0.3) is 5.91 Å². The smallest absolute Gasteiger partial charge is 0.265 e. The topological polar surface area (TPSA) is 76.6 Å². The van der Waals surface area contributed by atoms with E-state index < -0.39 is 0 Å². The number of hydrogen-bond donors (Lipinski definition) is 2. The minimum absolute atomic E-state index is 0.228. The van der Waals surface area contributed by atoms with Crippen molar-refractivity contribution in [2.24, 2.45) is 0 Å². The van der Waals surface area contributed by atoms with Crippen LogP contribution in [0, 0.1) is 5.82 Å². The molecule has 2 N–H and O–H groups in total. The van der Waals surface area contributed by atoms with E-state index >= 15 is 0 Å². The summed E-state index contributed by atoms with van der Waals surface area (Å²) in [5.74, 6) is 0.254. The van der Waals surface area contributed by atoms with Gasteiger partial charge in [-0.25, -0.2) is 9.37 Å². The summed E-state index contributed by atoms with van der Waals surface area (Å²) in [5, 5.41) is 6.80. The van der Waals surface area contributed by atoms with Gasteiger partial charge in [0.05, 0.1) is 23.1 Å². The van der Waals surface area contributed by atoms with Crippen LogP contribution in [0.25, 0.3) is 0 Å². The molecule has 1 fully saturated rings. The Morgan fingerprint density at radius 2 is 1.91 bits per heavy atom. The number of hydrogen-bond acceptors (Lipinski definition) is 7. The summed E-state index contributed by atoms with van der Waals surface area (Å²) >= 11 is 6.30. The van der Waals surface area contributed by atoms with Gasteiger partial charge in [0.15, 0.2) is 0 Å². The van der Waals surface area contributed by atoms with Gasteiger partial charge in [-0.05, 0) is 30.3 Å². The molecule has 33 heavy (non-hydrogen) atoms. The molecule has 3 heterocycles. The third-order valence-electron chi connectivity index (χ3n) is 5.76. The van der Waals surface area contributed by atoms with E-state index in [-0.39, 0.29) is 17.7 Å². The lowest BCUT2D eigenvalue weighted by Crippen LogP contribution is -2.46. The third-order valence-corrected chi connectivity index (χ3v) is 6.08. The molecule has 5 rings (SSSR count). The molecule has 170 valence electrons. The van der Waals surface area contributed by atoms with Crippen LogP contribution in [0.2, 0.25) is 5.02 Å². The zero-order valence-electron chi connectivity index (χ0n) is 18.1. The van der Waals surface area contributed by atoms with Gasteiger partial charge in [0, 0.05) is 45.1 Å². The van der Waals surface area contributed by atoms with E-state index in [1.54, 1.807) is 29.2 Å². The van der Waals surface area contributed by atoms with Gasteiger partial charge >= 0.3 is 0 Å². The van der Waals surface area contributed by atoms with E-state index in [9.17, 15) is 9.18 Å². The molecule has 2 aliphatic heterocycles. The molecule has 0 atom stereocenters. The predicted octanol–water partition coefficient (Wildman–Crippen LogP) is 3.48. The second-order valence-electron chi connectivity index (χ2n) is 7.98. The molecule has 2 aliphatic rings. The van der Waals surface area contributed by atoms with Gasteiger partial charge in [-0.1, -0.05) is 23.7 Å². The van der Waals surface area contributed by atoms with Crippen LogP contribution >= 0.6 is 11.6 Å². The summed E-state index contributed by atoms with van der Waals surface area (Å²) in [6.07, 6.45) is 1.48. The summed E-state index contributed by atoms with van der Waals surface area (Å²) in [6.45, 7) is 3.50. The molecule has 0 unspecified atom stereocenters. The first kappa shape index (κ1) is 21.4. The van der Waals surface area contributed by atoms with Crippen LogP contribution in [0.1, 0.15) is 10.4 Å². The van der Waals surface area contributed by atoms with Crippen molar-refractivity contribution in [3.05, 3.63) is 65.1 Å². The quantitative estimate of drug-likeness (QED) is 0.608. The number of nitrogens with zero attached hydrogens (tertiary/aromatic N) is 5. The number of piperazine rings is 1. The minimum Gasteiger partial charge on any atom is -0.367 e. The highest BCUT2D eigenvalue weighted by Crippen LogP contribution is 2.33. The molecular weight excluding hydrogens is 445 g/mol. The van der Waals surface area contributed by atoms with Crippen molar-refractivity contribution >= 4 is 46.3 Å². The Hall–Kier alpha value is -3.43. The molecule has 2 aromatic carbocycles. The Balaban J connectivity index is 1.37. The maximum Gasteiger partial charge on any atom is 0.265 e. The largest absolute Gasteiger partial charge is 0.367 e. The summed E-state index contributed by atoms with van der Waals surface area (Å²) < 4.78 is 14.7. The number of anilines is 5. The molecule has 10 heteroatoms. The molecule has 0 saturated carbocycles. The summed E-state index contributed by atoms with van der Waals surface area (Å²) in [7, 11) is 1.84. The van der Waals surface area contributed by atoms with Crippen LogP contribution in [-0.2, 0) is 0 Å². The minimum atomic E-state index is -0.303. The number of para-hydroxylation sites is 1. The van der Waals surface area contributed by atoms with Crippen molar-refractivity contribution in [2.45, 2.75) is 0 Å². The monoisotopic (exact) mass is 467 g/mol. The van der Waals surface area contributed by atoms with Gasteiger partial charge in [-0.2, -0.15) is 4.98 Å². The summed E-state index contributed by atoms with van der Waals surface area (Å²) in [6, 6.07) is 12.2. The Morgan fingerprint density at radius 1 is 1.12 bits per heavy atom. The first-order valence-electron chi connectivity index (χ1n) is 10.7. The highest BCUT2D eigenvalue weighted by atomic mass is 35.5. The zero-order chi connectivity index (χ0) is 22.9. The van der Waals surface area contributed by atoms with E-state index in [2.05, 4.69) is 20.6 Å². The standard InChI is InChI=1S/C23H23ClFN7O/c1-30-14-32(19-5-3-2-4-17(19)24)22(33)16-13-27-23(29-21(16)30)28-15-6-7-20(18(25)12-15)31-10-8-26-9-11-31/h2-7,12-13,26H,8-11,14H2,1H3,(H,27,28,29). The van der Waals surface area contributed by atoms with E-state index in [4.69, 9.17) is 11.6 Å². The van der Waals surface area contributed by atoms with Crippen LogP contribution in [0.3, 0.4) is 0 Å². The van der Waals surface area contributed by atoms with Crippen LogP contribution < -0.4 is 25.3 Å². The molecule has 8 nitrogen and oxygen atoms in total. The van der Waals surface area contributed by atoms with Crippen LogP contribution in [0.15, 0.2) is 48.7 Å². The van der Waals surface area contributed by atoms with Crippen molar-refractivity contribution in [1.29, 1.82) is 0 Å². The Bertz CT molecular complexity index is 1200. The van der Waals surface area contributed by atoms with Crippen molar-refractivity contribution in [3.63, 3.8) is 0 Å². The van der Waals surface area contributed by atoms with E-state index in [0.717, 1.165) is 26.2 Å². The number of benzene rings is 2. The fourth-order valence-corrected chi connectivity index (χ4v) is 4.33. The van der Waals surface area contributed by atoms with E-state index in [0.29, 0.717) is 40.1 Å². The fraction of sp³-hybridized carbons (Fsp3) is 0.261. The second-order valence-corrected chi connectivity index (χ2v) is 8.39. The average molecular weight is 468 g/mol. The van der Waals surface area contributed by atoms with Gasteiger partial charge in [-0.15, -0.1) is 0 Å². The number of amides is 1. The Morgan fingerprint density at radius 3 is 2.67 bits per heavy atom. The van der Waals surface area contributed by atoms with Crippen LogP contribution in [-0.4, -0.2) is 55.8 Å². The van der Waals surface area contributed by atoms with Crippen molar-refractivity contribution in [2.75, 3.05) is 59.9 Å². The highest BCUT2D eigenvalue weighted by molar-refractivity contribution is 6.34. The van der Waals surface area contributed by atoms with Gasteiger partial charge in [-0.3, -0.25) is 9.69 Å². The van der Waals surface area contributed by atoms with E-state index in [1.165, 1.54) is 12.3 Å². The fourth-order valence-electron chi connectivity index (χ4n) is 4.10. The molecule has 0 spiro atoms. The second kappa shape index (κ2) is 8.84. The lowest BCUT2D eigenvalue weighted by Gasteiger charge is -2.35. The average Bonchev–Trinajstić information content (AvgIpc) is 2.82. The van der Waals surface area contributed by atoms with Gasteiger partial charge in [0.1, 0.15) is 17.2 Å². The maximum atomic E-state index is 14.7. The lowest BCUT2D eigenvalue weighted by atomic mass is 10.2. The maximum absolute atomic E-state index is 14.7. The zero-order valence-corrected chi connectivity index (χ0v) is 18.8. The molecule has 1 aromatic heterocycles. The van der Waals surface area contributed by atoms with Crippen molar-refractivity contribution in [1.82, 2.24) is 15.3 Å². The van der Waals surface area contributed by atoms with Crippen molar-refractivity contribution in [3.8, 4) is 0 Å². The normalized spacial score (nSPS) is 16.1. The highest BCUT2D eigenvalue weighted by Gasteiger charge is 2.31. The molecule has 1 amide bonds. The molecular formula is C23H23ClFN7O. The number of nitrogens with one attached hydrogen (secondary N) is 2. The van der Waals surface area contributed by atoms with Gasteiger partial charge in [0.2, 0.25) is 5.95 Å². The number of rotatable bonds is 4. The third kappa shape index (κ3) is 4.17. The lowest BCUT2D eigenvalue weighted by molar-refractivity contribution is 0.0982. The molecule has 0 bridgehead atoms. The number of carbonyl (C=O) groups excluding carboxylic acids is 1. The number of carbonyl (C=O) groups is 1. The van der Waals surface area contributed by atoms with Crippen LogP contribution in [0.4, 0.5) is 33.2 Å². The first-order valence-corrected chi connectivity index (χ1v) is 11.1. The molecule has 1 saturated heterocycles. The predicted molar refractivity (Wildman–Crippen MR) is 128 cm³/mol. The van der Waals surface area contributed by atoms with E-state index in [1.807, 2.05) is 29.0 Å². The molecule has 0 radical (unpaired) electrons. The Kier molecular flexibility index (Phi) is 5.74. The SMILES string of the molecule is CN1CN(c2ccccc2Cl)C(=O)c2cnc(Nc3ccc(N4CCNCC4)c(F)c3)nc21. The van der Waals surface area contributed by atoms with Gasteiger partial charge < -0.3 is 20.4 Å². The summed E-state index contributed by atoms with van der Waals surface area (Å²) in [4.78, 5) is 27.4. The molecule has 0 aliphatic carbocycles. The number of fused-ring (bicyclic) bond motifs is 1. The number of aromatic nitrogens is 2.